The van der Waals surface area contributed by atoms with Gasteiger partial charge in [-0.25, -0.2) is 4.98 Å². The Labute approximate surface area is 121 Å². The summed E-state index contributed by atoms with van der Waals surface area (Å²) in [5, 5.41) is 12.7. The van der Waals surface area contributed by atoms with Gasteiger partial charge in [-0.05, 0) is 24.6 Å². The van der Waals surface area contributed by atoms with Crippen LogP contribution in [0.3, 0.4) is 0 Å². The topological polar surface area (TPSA) is 46.8 Å². The van der Waals surface area contributed by atoms with Gasteiger partial charge in [0.25, 0.3) is 0 Å². The van der Waals surface area contributed by atoms with Gasteiger partial charge in [0.05, 0.1) is 18.4 Å². The Morgan fingerprint density at radius 1 is 1.35 bits per heavy atom. The molecule has 0 aliphatic rings. The maximum absolute atomic E-state index is 10.7. The van der Waals surface area contributed by atoms with E-state index < -0.39 is 5.60 Å². The van der Waals surface area contributed by atoms with Crippen molar-refractivity contribution in [2.24, 2.45) is 0 Å². The third-order valence-corrected chi connectivity index (χ3v) is 4.15. The van der Waals surface area contributed by atoms with Crippen LogP contribution in [0.25, 0.3) is 4.96 Å². The van der Waals surface area contributed by atoms with E-state index in [0.717, 1.165) is 22.0 Å². The summed E-state index contributed by atoms with van der Waals surface area (Å²) in [7, 11) is 1.63. The fourth-order valence-corrected chi connectivity index (χ4v) is 2.99. The molecule has 0 aliphatic heterocycles. The van der Waals surface area contributed by atoms with Crippen molar-refractivity contribution in [3.05, 3.63) is 53.3 Å². The zero-order chi connectivity index (χ0) is 14.2. The summed E-state index contributed by atoms with van der Waals surface area (Å²) >= 11 is 1.59. The molecule has 3 aromatic rings. The summed E-state index contributed by atoms with van der Waals surface area (Å²) in [4.78, 5) is 5.46. The molecule has 3 rings (SSSR count). The van der Waals surface area contributed by atoms with Crippen molar-refractivity contribution in [1.29, 1.82) is 0 Å². The Kier molecular flexibility index (Phi) is 3.23. The van der Waals surface area contributed by atoms with E-state index in [1.54, 1.807) is 18.4 Å². The minimum atomic E-state index is -0.948. The van der Waals surface area contributed by atoms with Crippen LogP contribution in [-0.2, 0) is 12.0 Å². The maximum Gasteiger partial charge on any atom is 0.193 e. The molecule has 0 fully saturated rings. The van der Waals surface area contributed by atoms with E-state index in [-0.39, 0.29) is 0 Å². The van der Waals surface area contributed by atoms with Crippen molar-refractivity contribution in [3.63, 3.8) is 0 Å². The maximum atomic E-state index is 10.7. The number of rotatable bonds is 4. The van der Waals surface area contributed by atoms with Crippen LogP contribution in [0.5, 0.6) is 5.75 Å². The SMILES string of the molecule is COc1ccc(C(C)(O)Cc2cn3ccsc3n2)cc1. The summed E-state index contributed by atoms with van der Waals surface area (Å²) in [5.41, 5.74) is 0.795. The predicted molar refractivity (Wildman–Crippen MR) is 79.3 cm³/mol. The zero-order valence-corrected chi connectivity index (χ0v) is 12.2. The lowest BCUT2D eigenvalue weighted by atomic mass is 9.91. The molecule has 20 heavy (non-hydrogen) atoms. The van der Waals surface area contributed by atoms with Gasteiger partial charge in [0, 0.05) is 24.2 Å². The van der Waals surface area contributed by atoms with Crippen LogP contribution >= 0.6 is 11.3 Å². The molecule has 1 aromatic carbocycles. The molecular weight excluding hydrogens is 272 g/mol. The Balaban J connectivity index is 1.84. The lowest BCUT2D eigenvalue weighted by Crippen LogP contribution is -2.24. The van der Waals surface area contributed by atoms with Crippen LogP contribution in [0.1, 0.15) is 18.2 Å². The largest absolute Gasteiger partial charge is 0.497 e. The fraction of sp³-hybridized carbons (Fsp3) is 0.267. The van der Waals surface area contributed by atoms with Crippen molar-refractivity contribution in [3.8, 4) is 5.75 Å². The van der Waals surface area contributed by atoms with Gasteiger partial charge < -0.3 is 9.84 Å². The molecule has 0 saturated carbocycles. The van der Waals surface area contributed by atoms with E-state index in [4.69, 9.17) is 4.74 Å². The summed E-state index contributed by atoms with van der Waals surface area (Å²) in [6.07, 6.45) is 4.41. The van der Waals surface area contributed by atoms with Gasteiger partial charge in [0.1, 0.15) is 5.75 Å². The third kappa shape index (κ3) is 2.42. The van der Waals surface area contributed by atoms with Crippen LogP contribution < -0.4 is 4.74 Å². The predicted octanol–water partition coefficient (Wildman–Crippen LogP) is 2.85. The molecular formula is C15H16N2O2S. The standard InChI is InChI=1S/C15H16N2O2S/c1-15(18,11-3-5-13(19-2)6-4-11)9-12-10-17-7-8-20-14(17)16-12/h3-8,10,18H,9H2,1-2H3. The van der Waals surface area contributed by atoms with Crippen molar-refractivity contribution in [1.82, 2.24) is 9.38 Å². The average molecular weight is 288 g/mol. The molecule has 1 N–H and O–H groups in total. The Morgan fingerprint density at radius 2 is 2.10 bits per heavy atom. The number of ether oxygens (including phenoxy) is 1. The monoisotopic (exact) mass is 288 g/mol. The van der Waals surface area contributed by atoms with Gasteiger partial charge in [0.15, 0.2) is 4.96 Å². The van der Waals surface area contributed by atoms with Gasteiger partial charge >= 0.3 is 0 Å². The fourth-order valence-electron chi connectivity index (χ4n) is 2.27. The molecule has 0 bridgehead atoms. The molecule has 2 aromatic heterocycles. The first kappa shape index (κ1) is 13.1. The summed E-state index contributed by atoms with van der Waals surface area (Å²) < 4.78 is 7.11. The first-order chi connectivity index (χ1) is 9.58. The number of benzene rings is 1. The van der Waals surface area contributed by atoms with Gasteiger partial charge in [0.2, 0.25) is 0 Å². The number of thiazole rings is 1. The number of fused-ring (bicyclic) bond motifs is 1. The highest BCUT2D eigenvalue weighted by molar-refractivity contribution is 7.15. The van der Waals surface area contributed by atoms with Gasteiger partial charge in [-0.15, -0.1) is 11.3 Å². The second-order valence-electron chi connectivity index (χ2n) is 5.00. The van der Waals surface area contributed by atoms with E-state index in [9.17, 15) is 5.11 Å². The Hall–Kier alpha value is -1.85. The first-order valence-corrected chi connectivity index (χ1v) is 7.24. The number of aliphatic hydroxyl groups is 1. The molecule has 0 radical (unpaired) electrons. The number of imidazole rings is 1. The molecule has 0 aliphatic carbocycles. The van der Waals surface area contributed by atoms with Crippen molar-refractivity contribution in [2.45, 2.75) is 18.9 Å². The van der Waals surface area contributed by atoms with Gasteiger partial charge in [-0.1, -0.05) is 12.1 Å². The van der Waals surface area contributed by atoms with Crippen LogP contribution in [-0.4, -0.2) is 21.6 Å². The van der Waals surface area contributed by atoms with E-state index in [2.05, 4.69) is 4.98 Å². The van der Waals surface area contributed by atoms with Crippen molar-refractivity contribution >= 4 is 16.3 Å². The molecule has 0 saturated heterocycles. The summed E-state index contributed by atoms with van der Waals surface area (Å²) in [6.45, 7) is 1.81. The summed E-state index contributed by atoms with van der Waals surface area (Å²) in [6, 6.07) is 7.49. The zero-order valence-electron chi connectivity index (χ0n) is 11.4. The second kappa shape index (κ2) is 4.92. The van der Waals surface area contributed by atoms with Crippen LogP contribution in [0.4, 0.5) is 0 Å². The highest BCUT2D eigenvalue weighted by atomic mass is 32.1. The second-order valence-corrected chi connectivity index (χ2v) is 5.88. The van der Waals surface area contributed by atoms with E-state index in [1.807, 2.05) is 53.4 Å². The van der Waals surface area contributed by atoms with Gasteiger partial charge in [-0.3, -0.25) is 4.40 Å². The van der Waals surface area contributed by atoms with Crippen LogP contribution in [0.2, 0.25) is 0 Å². The molecule has 1 unspecified atom stereocenters. The Morgan fingerprint density at radius 3 is 2.75 bits per heavy atom. The normalized spacial score (nSPS) is 14.3. The highest BCUT2D eigenvalue weighted by Crippen LogP contribution is 2.27. The van der Waals surface area contributed by atoms with Crippen LogP contribution in [0.15, 0.2) is 42.0 Å². The van der Waals surface area contributed by atoms with Crippen LogP contribution in [0, 0.1) is 0 Å². The van der Waals surface area contributed by atoms with Crippen molar-refractivity contribution < 1.29 is 9.84 Å². The van der Waals surface area contributed by atoms with Gasteiger partial charge in [-0.2, -0.15) is 0 Å². The number of nitrogens with zero attached hydrogens (tertiary/aromatic N) is 2. The minimum Gasteiger partial charge on any atom is -0.497 e. The molecule has 0 amide bonds. The van der Waals surface area contributed by atoms with E-state index >= 15 is 0 Å². The Bertz CT molecular complexity index is 684. The third-order valence-electron chi connectivity index (χ3n) is 3.38. The molecule has 4 nitrogen and oxygen atoms in total. The molecule has 104 valence electrons. The highest BCUT2D eigenvalue weighted by Gasteiger charge is 2.25. The quantitative estimate of drug-likeness (QED) is 0.803. The lowest BCUT2D eigenvalue weighted by Gasteiger charge is -2.23. The number of aromatic nitrogens is 2. The first-order valence-electron chi connectivity index (χ1n) is 6.36. The molecule has 5 heteroatoms. The van der Waals surface area contributed by atoms with Crippen molar-refractivity contribution in [2.75, 3.05) is 7.11 Å². The molecule has 0 spiro atoms. The molecule has 1 atom stereocenters. The number of hydrogen-bond donors (Lipinski definition) is 1. The van der Waals surface area contributed by atoms with E-state index in [0.29, 0.717) is 6.42 Å². The summed E-state index contributed by atoms with van der Waals surface area (Å²) in [5.74, 6) is 0.784. The van der Waals surface area contributed by atoms with E-state index in [1.165, 1.54) is 0 Å². The minimum absolute atomic E-state index is 0.480. The molecule has 2 heterocycles. The number of hydrogen-bond acceptors (Lipinski definition) is 4. The lowest BCUT2D eigenvalue weighted by molar-refractivity contribution is 0.0567. The average Bonchev–Trinajstić information content (AvgIpc) is 2.99. The smallest absolute Gasteiger partial charge is 0.193 e. The number of methoxy groups -OCH3 is 1.